The van der Waals surface area contributed by atoms with Gasteiger partial charge in [-0.3, -0.25) is 15.1 Å². The van der Waals surface area contributed by atoms with E-state index in [0.29, 0.717) is 23.3 Å². The summed E-state index contributed by atoms with van der Waals surface area (Å²) >= 11 is 1.36. The highest BCUT2D eigenvalue weighted by molar-refractivity contribution is 7.14. The van der Waals surface area contributed by atoms with Gasteiger partial charge in [0.25, 0.3) is 5.91 Å². The number of pyridine rings is 1. The van der Waals surface area contributed by atoms with Gasteiger partial charge in [-0.25, -0.2) is 9.97 Å². The van der Waals surface area contributed by atoms with Gasteiger partial charge in [0, 0.05) is 36.6 Å². The van der Waals surface area contributed by atoms with Crippen molar-refractivity contribution in [2.24, 2.45) is 0 Å². The number of anilines is 1. The summed E-state index contributed by atoms with van der Waals surface area (Å²) in [6.07, 6.45) is 11.9. The van der Waals surface area contributed by atoms with Crippen LogP contribution in [0.2, 0.25) is 0 Å². The van der Waals surface area contributed by atoms with E-state index in [2.05, 4.69) is 20.3 Å². The zero-order chi connectivity index (χ0) is 18.5. The van der Waals surface area contributed by atoms with Crippen molar-refractivity contribution in [2.45, 2.75) is 6.54 Å². The topological polar surface area (TPSA) is 85.8 Å². The summed E-state index contributed by atoms with van der Waals surface area (Å²) in [5.74, 6) is 0.300. The van der Waals surface area contributed by atoms with E-state index in [-0.39, 0.29) is 5.91 Å². The number of hydrogen-bond acceptors (Lipinski definition) is 6. The van der Waals surface area contributed by atoms with Gasteiger partial charge >= 0.3 is 0 Å². The second-order valence-electron chi connectivity index (χ2n) is 5.61. The van der Waals surface area contributed by atoms with Gasteiger partial charge in [-0.1, -0.05) is 0 Å². The minimum atomic E-state index is -0.202. The molecule has 7 nitrogen and oxygen atoms in total. The molecule has 0 fully saturated rings. The van der Waals surface area contributed by atoms with Gasteiger partial charge in [0.1, 0.15) is 12.0 Å². The minimum absolute atomic E-state index is 0.202. The monoisotopic (exact) mass is 377 g/mol. The van der Waals surface area contributed by atoms with Crippen molar-refractivity contribution in [3.63, 3.8) is 0 Å². The molecule has 0 bridgehead atoms. The van der Waals surface area contributed by atoms with Gasteiger partial charge in [0.15, 0.2) is 5.13 Å². The maximum absolute atomic E-state index is 12.6. The summed E-state index contributed by atoms with van der Waals surface area (Å²) in [7, 11) is 0. The molecule has 27 heavy (non-hydrogen) atoms. The second-order valence-corrected chi connectivity index (χ2v) is 6.47. The van der Waals surface area contributed by atoms with E-state index in [9.17, 15) is 4.79 Å². The molecule has 1 amide bonds. The van der Waals surface area contributed by atoms with Crippen molar-refractivity contribution >= 4 is 34.5 Å². The smallest absolute Gasteiger partial charge is 0.274 e. The molecule has 0 aliphatic rings. The number of nitrogens with zero attached hydrogens (tertiary/aromatic N) is 4. The first-order valence-electron chi connectivity index (χ1n) is 8.16. The minimum Gasteiger partial charge on any atom is -0.445 e. The fraction of sp³-hybridized carbons (Fsp3) is 0.0526. The summed E-state index contributed by atoms with van der Waals surface area (Å²) < 4.78 is 7.03. The van der Waals surface area contributed by atoms with Crippen molar-refractivity contribution in [1.82, 2.24) is 19.5 Å². The normalized spacial score (nSPS) is 11.1. The van der Waals surface area contributed by atoms with E-state index in [1.165, 1.54) is 17.6 Å². The molecule has 134 valence electrons. The molecule has 0 aliphatic heterocycles. The largest absolute Gasteiger partial charge is 0.445 e. The Morgan fingerprint density at radius 3 is 2.93 bits per heavy atom. The van der Waals surface area contributed by atoms with Crippen molar-refractivity contribution < 1.29 is 9.21 Å². The molecule has 0 unspecified atom stereocenters. The lowest BCUT2D eigenvalue weighted by molar-refractivity contribution is 0.101. The summed E-state index contributed by atoms with van der Waals surface area (Å²) in [6, 6.07) is 7.49. The number of hydrogen-bond donors (Lipinski definition) is 1. The van der Waals surface area contributed by atoms with E-state index in [0.717, 1.165) is 11.3 Å². The van der Waals surface area contributed by atoms with E-state index in [1.54, 1.807) is 36.8 Å². The van der Waals surface area contributed by atoms with Gasteiger partial charge in [-0.05, 0) is 35.9 Å². The summed E-state index contributed by atoms with van der Waals surface area (Å²) in [4.78, 5) is 25.0. The van der Waals surface area contributed by atoms with Crippen LogP contribution in [0, 0.1) is 0 Å². The van der Waals surface area contributed by atoms with Crippen LogP contribution >= 0.6 is 11.3 Å². The third kappa shape index (κ3) is 4.18. The molecule has 4 aromatic rings. The molecule has 4 heterocycles. The maximum Gasteiger partial charge on any atom is 0.274 e. The lowest BCUT2D eigenvalue weighted by atomic mass is 10.2. The lowest BCUT2D eigenvalue weighted by Gasteiger charge is -2.08. The van der Waals surface area contributed by atoms with Gasteiger partial charge in [-0.2, -0.15) is 0 Å². The Morgan fingerprint density at radius 2 is 2.11 bits per heavy atom. The maximum atomic E-state index is 12.6. The van der Waals surface area contributed by atoms with Crippen molar-refractivity contribution in [1.29, 1.82) is 0 Å². The molecule has 0 saturated carbocycles. The molecule has 0 radical (unpaired) electrons. The molecular weight excluding hydrogens is 362 g/mol. The first-order chi connectivity index (χ1) is 13.3. The first-order valence-corrected chi connectivity index (χ1v) is 9.04. The quantitative estimate of drug-likeness (QED) is 0.552. The Bertz CT molecular complexity index is 1050. The number of nitrogens with one attached hydrogen (secondary N) is 1. The van der Waals surface area contributed by atoms with Crippen molar-refractivity contribution in [3.05, 3.63) is 83.5 Å². The first kappa shape index (κ1) is 16.9. The average molecular weight is 377 g/mol. The molecule has 8 heteroatoms. The van der Waals surface area contributed by atoms with Crippen LogP contribution in [0.15, 0.2) is 65.1 Å². The van der Waals surface area contributed by atoms with Crippen LogP contribution in [0.3, 0.4) is 0 Å². The second kappa shape index (κ2) is 7.79. The lowest BCUT2D eigenvalue weighted by Crippen LogP contribution is -2.17. The molecular formula is C19H15N5O2S. The van der Waals surface area contributed by atoms with E-state index in [4.69, 9.17) is 4.42 Å². The van der Waals surface area contributed by atoms with Crippen LogP contribution in [-0.2, 0) is 6.54 Å². The molecule has 4 aromatic heterocycles. The van der Waals surface area contributed by atoms with Gasteiger partial charge in [0.2, 0.25) is 5.89 Å². The Hall–Kier alpha value is -3.52. The van der Waals surface area contributed by atoms with Gasteiger partial charge in [-0.15, -0.1) is 11.3 Å². The van der Waals surface area contributed by atoms with Crippen molar-refractivity contribution in [3.8, 4) is 0 Å². The average Bonchev–Trinajstić information content (AvgIpc) is 3.43. The summed E-state index contributed by atoms with van der Waals surface area (Å²) in [6.45, 7) is 0.597. The van der Waals surface area contributed by atoms with E-state index in [1.807, 2.05) is 34.3 Å². The van der Waals surface area contributed by atoms with Crippen LogP contribution in [0.5, 0.6) is 0 Å². The Balaban J connectivity index is 1.43. The molecule has 0 aromatic carbocycles. The summed E-state index contributed by atoms with van der Waals surface area (Å²) in [5.41, 5.74) is 2.36. The van der Waals surface area contributed by atoms with Gasteiger partial charge < -0.3 is 8.98 Å². The third-order valence-corrected chi connectivity index (χ3v) is 4.53. The number of carbonyl (C=O) groups excluding carboxylic acids is 1. The standard InChI is InChI=1S/C19H15N5O2S/c25-18(16-2-1-10-24(16)12-14-5-7-20-8-6-14)23-19-22-15(13-27-19)3-4-17-21-9-11-26-17/h1-11,13H,12H2,(H,22,23,25)/b4-3+. The highest BCUT2D eigenvalue weighted by Gasteiger charge is 2.13. The highest BCUT2D eigenvalue weighted by Crippen LogP contribution is 2.18. The predicted octanol–water partition coefficient (Wildman–Crippen LogP) is 3.80. The fourth-order valence-electron chi connectivity index (χ4n) is 2.50. The number of amides is 1. The molecule has 0 aliphatic carbocycles. The molecule has 4 rings (SSSR count). The zero-order valence-corrected chi connectivity index (χ0v) is 15.0. The Kier molecular flexibility index (Phi) is 4.88. The van der Waals surface area contributed by atoms with Crippen molar-refractivity contribution in [2.75, 3.05) is 5.32 Å². The number of thiazole rings is 1. The molecule has 0 atom stereocenters. The molecule has 1 N–H and O–H groups in total. The van der Waals surface area contributed by atoms with Crippen LogP contribution in [-0.4, -0.2) is 25.4 Å². The number of carbonyl (C=O) groups is 1. The van der Waals surface area contributed by atoms with Crippen LogP contribution < -0.4 is 5.32 Å². The van der Waals surface area contributed by atoms with E-state index >= 15 is 0 Å². The highest BCUT2D eigenvalue weighted by atomic mass is 32.1. The zero-order valence-electron chi connectivity index (χ0n) is 14.1. The van der Waals surface area contributed by atoms with Gasteiger partial charge in [0.05, 0.1) is 11.9 Å². The number of aromatic nitrogens is 4. The SMILES string of the molecule is O=C(Nc1nc(/C=C/c2ncco2)cs1)c1cccn1Cc1ccncc1. The number of rotatable bonds is 6. The van der Waals surface area contributed by atoms with Crippen LogP contribution in [0.1, 0.15) is 27.6 Å². The summed E-state index contributed by atoms with van der Waals surface area (Å²) in [5, 5.41) is 5.23. The Morgan fingerprint density at radius 1 is 1.22 bits per heavy atom. The molecule has 0 spiro atoms. The number of oxazole rings is 1. The van der Waals surface area contributed by atoms with Crippen LogP contribution in [0.4, 0.5) is 5.13 Å². The van der Waals surface area contributed by atoms with E-state index < -0.39 is 0 Å². The molecule has 0 saturated heterocycles. The predicted molar refractivity (Wildman–Crippen MR) is 103 cm³/mol. The fourth-order valence-corrected chi connectivity index (χ4v) is 3.17. The van der Waals surface area contributed by atoms with Crippen LogP contribution in [0.25, 0.3) is 12.2 Å². The Labute approximate surface area is 159 Å². The third-order valence-electron chi connectivity index (χ3n) is 3.75.